The average Bonchev–Trinajstić information content (AvgIpc) is 2.75. The van der Waals surface area contributed by atoms with E-state index < -0.39 is 9.84 Å². The van der Waals surface area contributed by atoms with Crippen LogP contribution in [0.5, 0.6) is 0 Å². The lowest BCUT2D eigenvalue weighted by Gasteiger charge is -2.16. The molecule has 2 N–H and O–H groups in total. The zero-order chi connectivity index (χ0) is 16.7. The Morgan fingerprint density at radius 3 is 2.62 bits per heavy atom. The third kappa shape index (κ3) is 2.62. The van der Waals surface area contributed by atoms with E-state index in [1.54, 1.807) is 24.3 Å². The summed E-state index contributed by atoms with van der Waals surface area (Å²) in [5, 5.41) is 6.99. The molecule has 0 saturated carbocycles. The number of nitrogens with one attached hydrogen (secondary N) is 2. The maximum Gasteiger partial charge on any atom is 0.206 e. The monoisotopic (exact) mass is 342 g/mol. The second-order valence-corrected chi connectivity index (χ2v) is 8.70. The van der Waals surface area contributed by atoms with Gasteiger partial charge in [-0.2, -0.15) is 0 Å². The van der Waals surface area contributed by atoms with Crippen molar-refractivity contribution in [2.45, 2.75) is 41.5 Å². The van der Waals surface area contributed by atoms with Gasteiger partial charge in [-0.15, -0.1) is 0 Å². The molecule has 2 atom stereocenters. The van der Waals surface area contributed by atoms with Crippen LogP contribution in [0, 0.1) is 6.92 Å². The highest BCUT2D eigenvalue weighted by molar-refractivity contribution is 7.91. The molecule has 24 heavy (non-hydrogen) atoms. The number of fused-ring (bicyclic) bond motifs is 3. The first-order valence-electron chi connectivity index (χ1n) is 8.49. The fourth-order valence-corrected chi connectivity index (χ4v) is 5.25. The first kappa shape index (κ1) is 15.7. The number of aryl methyl sites for hydroxylation is 1. The fourth-order valence-electron chi connectivity index (χ4n) is 3.85. The predicted molar refractivity (Wildman–Crippen MR) is 95.3 cm³/mol. The molecule has 0 aliphatic carbocycles. The van der Waals surface area contributed by atoms with Gasteiger partial charge in [-0.05, 0) is 74.3 Å². The van der Waals surface area contributed by atoms with Gasteiger partial charge in [-0.1, -0.05) is 12.1 Å². The Balaban J connectivity index is 1.75. The number of benzene rings is 2. The molecule has 126 valence electrons. The maximum atomic E-state index is 13.0. The van der Waals surface area contributed by atoms with Crippen LogP contribution >= 0.6 is 0 Å². The van der Waals surface area contributed by atoms with E-state index in [4.69, 9.17) is 0 Å². The van der Waals surface area contributed by atoms with Crippen molar-refractivity contribution >= 4 is 15.5 Å². The summed E-state index contributed by atoms with van der Waals surface area (Å²) < 4.78 is 26.0. The van der Waals surface area contributed by atoms with Crippen molar-refractivity contribution in [3.05, 3.63) is 53.6 Å². The van der Waals surface area contributed by atoms with Gasteiger partial charge < -0.3 is 10.6 Å². The standard InChI is InChI=1S/C19H22N2O2S/c1-13-3-2-4-14(11-13)24(22,23)15-5-6-18-17(12-15)16-7-9-20-10-8-19(16)21-18/h2-6,11-12,16,19-21H,7-10H2,1H3/t16-,19+/m1/s1. The van der Waals surface area contributed by atoms with Gasteiger partial charge >= 0.3 is 0 Å². The van der Waals surface area contributed by atoms with Gasteiger partial charge in [0.25, 0.3) is 0 Å². The number of hydrogen-bond acceptors (Lipinski definition) is 4. The second-order valence-electron chi connectivity index (χ2n) is 6.75. The SMILES string of the molecule is Cc1cccc(S(=O)(=O)c2ccc3c(c2)[C@H]2CCNCC[C@@H]2N3)c1. The second kappa shape index (κ2) is 5.90. The Hall–Kier alpha value is -1.85. The quantitative estimate of drug-likeness (QED) is 0.880. The third-order valence-corrected chi connectivity index (χ3v) is 6.87. The fraction of sp³-hybridized carbons (Fsp3) is 0.368. The molecule has 2 aromatic rings. The summed E-state index contributed by atoms with van der Waals surface area (Å²) in [5.74, 6) is 0.391. The normalized spacial score (nSPS) is 23.0. The first-order chi connectivity index (χ1) is 11.6. The van der Waals surface area contributed by atoms with E-state index in [1.165, 1.54) is 0 Å². The number of hydrogen-bond donors (Lipinski definition) is 2. The highest BCUT2D eigenvalue weighted by Gasteiger charge is 2.34. The minimum Gasteiger partial charge on any atom is -0.381 e. The van der Waals surface area contributed by atoms with Crippen LogP contribution in [0.3, 0.4) is 0 Å². The van der Waals surface area contributed by atoms with Crippen molar-refractivity contribution in [3.8, 4) is 0 Å². The Labute approximate surface area is 143 Å². The molecular weight excluding hydrogens is 320 g/mol. The Kier molecular flexibility index (Phi) is 3.85. The van der Waals surface area contributed by atoms with Crippen molar-refractivity contribution < 1.29 is 8.42 Å². The van der Waals surface area contributed by atoms with E-state index in [1.807, 2.05) is 25.1 Å². The summed E-state index contributed by atoms with van der Waals surface area (Å²) in [7, 11) is -3.47. The Bertz CT molecular complexity index is 877. The van der Waals surface area contributed by atoms with Crippen LogP contribution in [0.15, 0.2) is 52.3 Å². The minimum absolute atomic E-state index is 0.368. The molecule has 5 heteroatoms. The lowest BCUT2D eigenvalue weighted by Crippen LogP contribution is -2.21. The van der Waals surface area contributed by atoms with Gasteiger partial charge in [0.05, 0.1) is 9.79 Å². The number of sulfone groups is 1. The van der Waals surface area contributed by atoms with Gasteiger partial charge in [0.15, 0.2) is 0 Å². The Morgan fingerprint density at radius 2 is 1.79 bits per heavy atom. The van der Waals surface area contributed by atoms with Crippen LogP contribution < -0.4 is 10.6 Å². The van der Waals surface area contributed by atoms with Crippen molar-refractivity contribution in [2.24, 2.45) is 0 Å². The average molecular weight is 342 g/mol. The number of rotatable bonds is 2. The van der Waals surface area contributed by atoms with Crippen molar-refractivity contribution in [2.75, 3.05) is 18.4 Å². The predicted octanol–water partition coefficient (Wildman–Crippen LogP) is 3.09. The third-order valence-electron chi connectivity index (χ3n) is 5.12. The lowest BCUT2D eigenvalue weighted by molar-refractivity contribution is 0.576. The molecule has 2 aliphatic heterocycles. The van der Waals surface area contributed by atoms with E-state index >= 15 is 0 Å². The molecule has 2 aliphatic rings. The highest BCUT2D eigenvalue weighted by Crippen LogP contribution is 2.41. The minimum atomic E-state index is -3.47. The summed E-state index contributed by atoms with van der Waals surface area (Å²) in [6.45, 7) is 3.91. The zero-order valence-electron chi connectivity index (χ0n) is 13.7. The van der Waals surface area contributed by atoms with E-state index in [2.05, 4.69) is 10.6 Å². The van der Waals surface area contributed by atoms with E-state index in [-0.39, 0.29) is 0 Å². The molecule has 4 rings (SSSR count). The van der Waals surface area contributed by atoms with E-state index in [9.17, 15) is 8.42 Å². The highest BCUT2D eigenvalue weighted by atomic mass is 32.2. The topological polar surface area (TPSA) is 58.2 Å². The van der Waals surface area contributed by atoms with E-state index in [0.717, 1.165) is 42.7 Å². The van der Waals surface area contributed by atoms with Crippen LogP contribution in [-0.4, -0.2) is 27.5 Å². The van der Waals surface area contributed by atoms with Gasteiger partial charge in [-0.25, -0.2) is 8.42 Å². The summed E-state index contributed by atoms with van der Waals surface area (Å²) in [6, 6.07) is 13.1. The largest absolute Gasteiger partial charge is 0.381 e. The van der Waals surface area contributed by atoms with Crippen LogP contribution in [0.25, 0.3) is 0 Å². The van der Waals surface area contributed by atoms with Crippen molar-refractivity contribution in [3.63, 3.8) is 0 Å². The molecule has 0 unspecified atom stereocenters. The van der Waals surface area contributed by atoms with E-state index in [0.29, 0.717) is 21.8 Å². The molecule has 0 aromatic heterocycles. The van der Waals surface area contributed by atoms with Crippen LogP contribution in [0.4, 0.5) is 5.69 Å². The maximum absolute atomic E-state index is 13.0. The smallest absolute Gasteiger partial charge is 0.206 e. The zero-order valence-corrected chi connectivity index (χ0v) is 14.6. The van der Waals surface area contributed by atoms with Crippen LogP contribution in [0.2, 0.25) is 0 Å². The van der Waals surface area contributed by atoms with Crippen LogP contribution in [-0.2, 0) is 9.84 Å². The summed E-state index contributed by atoms with van der Waals surface area (Å²) in [5.41, 5.74) is 3.20. The molecule has 0 spiro atoms. The summed E-state index contributed by atoms with van der Waals surface area (Å²) in [6.07, 6.45) is 2.11. The lowest BCUT2D eigenvalue weighted by atomic mass is 9.91. The van der Waals surface area contributed by atoms with Crippen LogP contribution in [0.1, 0.15) is 29.9 Å². The molecule has 2 aromatic carbocycles. The summed E-state index contributed by atoms with van der Waals surface area (Å²) in [4.78, 5) is 0.763. The molecule has 1 saturated heterocycles. The molecule has 1 fully saturated rings. The molecule has 2 heterocycles. The Morgan fingerprint density at radius 1 is 1.00 bits per heavy atom. The molecule has 0 bridgehead atoms. The van der Waals surface area contributed by atoms with Gasteiger partial charge in [0, 0.05) is 17.6 Å². The van der Waals surface area contributed by atoms with Gasteiger partial charge in [-0.3, -0.25) is 0 Å². The molecule has 4 nitrogen and oxygen atoms in total. The molecular formula is C19H22N2O2S. The van der Waals surface area contributed by atoms with Crippen molar-refractivity contribution in [1.29, 1.82) is 0 Å². The van der Waals surface area contributed by atoms with Gasteiger partial charge in [0.1, 0.15) is 0 Å². The molecule has 0 radical (unpaired) electrons. The van der Waals surface area contributed by atoms with Gasteiger partial charge in [0.2, 0.25) is 9.84 Å². The number of anilines is 1. The summed E-state index contributed by atoms with van der Waals surface area (Å²) >= 11 is 0. The van der Waals surface area contributed by atoms with Crippen molar-refractivity contribution in [1.82, 2.24) is 5.32 Å². The first-order valence-corrected chi connectivity index (χ1v) is 9.97. The molecule has 0 amide bonds.